The van der Waals surface area contributed by atoms with Crippen molar-refractivity contribution in [1.82, 2.24) is 4.90 Å². The fraction of sp³-hybridized carbons (Fsp3) is 0.579. The number of carbonyl (C=O) groups is 2. The van der Waals surface area contributed by atoms with Crippen LogP contribution in [-0.2, 0) is 9.53 Å². The number of nitrogens with one attached hydrogen (secondary N) is 1. The minimum atomic E-state index is -0.0133. The van der Waals surface area contributed by atoms with Gasteiger partial charge in [-0.2, -0.15) is 0 Å². The molecule has 146 valence electrons. The molecule has 3 N–H and O–H groups in total. The molecule has 0 saturated carbocycles. The molecule has 2 amide bonds. The van der Waals surface area contributed by atoms with Gasteiger partial charge in [-0.1, -0.05) is 18.9 Å². The third-order valence-corrected chi connectivity index (χ3v) is 4.41. The zero-order valence-electron chi connectivity index (χ0n) is 15.5. The van der Waals surface area contributed by atoms with Crippen molar-refractivity contribution < 1.29 is 14.3 Å². The molecular formula is C19H30ClN3O3. The molecule has 2 rings (SSSR count). The third-order valence-electron chi connectivity index (χ3n) is 4.41. The van der Waals surface area contributed by atoms with E-state index in [-0.39, 0.29) is 24.2 Å². The van der Waals surface area contributed by atoms with Crippen LogP contribution in [0.4, 0.5) is 5.69 Å². The lowest BCUT2D eigenvalue weighted by Crippen LogP contribution is -2.40. The molecule has 0 atom stereocenters. The lowest BCUT2D eigenvalue weighted by atomic mass is 10.1. The molecule has 1 aliphatic rings. The SMILES string of the molecule is Cc1ccc(C(=O)N2CCOCC2)cc1NC(=O)CCCCCCN.Cl. The second-order valence-electron chi connectivity index (χ2n) is 6.44. The normalized spacial score (nSPS) is 13.8. The van der Waals surface area contributed by atoms with Crippen LogP contribution in [0.25, 0.3) is 0 Å². The van der Waals surface area contributed by atoms with Crippen LogP contribution in [0.2, 0.25) is 0 Å². The summed E-state index contributed by atoms with van der Waals surface area (Å²) in [5.41, 5.74) is 7.73. The number of nitrogens with two attached hydrogens (primary N) is 1. The zero-order valence-corrected chi connectivity index (χ0v) is 16.3. The number of halogens is 1. The van der Waals surface area contributed by atoms with E-state index in [1.54, 1.807) is 11.0 Å². The van der Waals surface area contributed by atoms with Crippen molar-refractivity contribution in [1.29, 1.82) is 0 Å². The van der Waals surface area contributed by atoms with Gasteiger partial charge in [0.1, 0.15) is 0 Å². The molecular weight excluding hydrogens is 354 g/mol. The maximum atomic E-state index is 12.6. The summed E-state index contributed by atoms with van der Waals surface area (Å²) in [6.07, 6.45) is 4.43. The van der Waals surface area contributed by atoms with Crippen LogP contribution >= 0.6 is 12.4 Å². The highest BCUT2D eigenvalue weighted by atomic mass is 35.5. The van der Waals surface area contributed by atoms with E-state index in [0.717, 1.165) is 31.2 Å². The topological polar surface area (TPSA) is 84.7 Å². The van der Waals surface area contributed by atoms with E-state index in [4.69, 9.17) is 10.5 Å². The van der Waals surface area contributed by atoms with Crippen molar-refractivity contribution in [2.24, 2.45) is 5.73 Å². The van der Waals surface area contributed by atoms with Gasteiger partial charge >= 0.3 is 0 Å². The smallest absolute Gasteiger partial charge is 0.254 e. The quantitative estimate of drug-likeness (QED) is 0.676. The molecule has 26 heavy (non-hydrogen) atoms. The van der Waals surface area contributed by atoms with Crippen LogP contribution in [0.15, 0.2) is 18.2 Å². The number of amides is 2. The van der Waals surface area contributed by atoms with E-state index in [1.807, 2.05) is 19.1 Å². The Morgan fingerprint density at radius 2 is 1.85 bits per heavy atom. The van der Waals surface area contributed by atoms with Crippen molar-refractivity contribution in [3.63, 3.8) is 0 Å². The first-order valence-corrected chi connectivity index (χ1v) is 9.09. The molecule has 0 spiro atoms. The van der Waals surface area contributed by atoms with E-state index in [1.165, 1.54) is 0 Å². The van der Waals surface area contributed by atoms with Crippen molar-refractivity contribution in [3.8, 4) is 0 Å². The van der Waals surface area contributed by atoms with Crippen molar-refractivity contribution in [3.05, 3.63) is 29.3 Å². The third kappa shape index (κ3) is 6.94. The van der Waals surface area contributed by atoms with Crippen LogP contribution in [0.1, 0.15) is 48.0 Å². The number of morpholine rings is 1. The van der Waals surface area contributed by atoms with Gasteiger partial charge in [0.05, 0.1) is 13.2 Å². The minimum absolute atomic E-state index is 0. The zero-order chi connectivity index (χ0) is 18.1. The Hall–Kier alpha value is -1.63. The monoisotopic (exact) mass is 383 g/mol. The van der Waals surface area contributed by atoms with Gasteiger partial charge in [-0.05, 0) is 44.0 Å². The van der Waals surface area contributed by atoms with Crippen LogP contribution in [0, 0.1) is 6.92 Å². The van der Waals surface area contributed by atoms with Gasteiger partial charge in [0, 0.05) is 30.8 Å². The van der Waals surface area contributed by atoms with E-state index < -0.39 is 0 Å². The van der Waals surface area contributed by atoms with Gasteiger partial charge < -0.3 is 20.7 Å². The van der Waals surface area contributed by atoms with E-state index in [9.17, 15) is 9.59 Å². The molecule has 1 heterocycles. The number of hydrogen-bond acceptors (Lipinski definition) is 4. The summed E-state index contributed by atoms with van der Waals surface area (Å²) < 4.78 is 5.29. The molecule has 1 aromatic carbocycles. The lowest BCUT2D eigenvalue weighted by Gasteiger charge is -2.27. The summed E-state index contributed by atoms with van der Waals surface area (Å²) in [6.45, 7) is 5.00. The largest absolute Gasteiger partial charge is 0.378 e. The van der Waals surface area contributed by atoms with Gasteiger partial charge in [-0.25, -0.2) is 0 Å². The summed E-state index contributed by atoms with van der Waals surface area (Å²) in [6, 6.07) is 5.47. The standard InChI is InChI=1S/C19H29N3O3.ClH/c1-15-7-8-16(19(24)22-10-12-25-13-11-22)14-17(15)21-18(23)6-4-2-3-5-9-20;/h7-8,14H,2-6,9-13,20H2,1H3,(H,21,23);1H. The van der Waals surface area contributed by atoms with Crippen LogP contribution in [0.5, 0.6) is 0 Å². The Labute approximate surface area is 161 Å². The molecule has 1 fully saturated rings. The number of benzene rings is 1. The molecule has 6 nitrogen and oxygen atoms in total. The minimum Gasteiger partial charge on any atom is -0.378 e. The Bertz CT molecular complexity index is 589. The Morgan fingerprint density at radius 3 is 2.54 bits per heavy atom. The van der Waals surface area contributed by atoms with Crippen LogP contribution in [-0.4, -0.2) is 49.6 Å². The number of hydrogen-bond donors (Lipinski definition) is 2. The summed E-state index contributed by atoms with van der Waals surface area (Å²) in [4.78, 5) is 26.5. The van der Waals surface area contributed by atoms with Gasteiger partial charge in [0.25, 0.3) is 5.91 Å². The first-order chi connectivity index (χ1) is 12.1. The van der Waals surface area contributed by atoms with Gasteiger partial charge in [0.2, 0.25) is 5.91 Å². The summed E-state index contributed by atoms with van der Waals surface area (Å²) in [5.74, 6) is -0.0209. The summed E-state index contributed by atoms with van der Waals surface area (Å²) in [7, 11) is 0. The fourth-order valence-electron chi connectivity index (χ4n) is 2.83. The van der Waals surface area contributed by atoms with Gasteiger partial charge in [-0.15, -0.1) is 12.4 Å². The average molecular weight is 384 g/mol. The number of aryl methyl sites for hydroxylation is 1. The molecule has 1 aromatic rings. The van der Waals surface area contributed by atoms with Crippen molar-refractivity contribution in [2.75, 3.05) is 38.2 Å². The second-order valence-corrected chi connectivity index (χ2v) is 6.44. The predicted molar refractivity (Wildman–Crippen MR) is 106 cm³/mol. The molecule has 0 bridgehead atoms. The first-order valence-electron chi connectivity index (χ1n) is 9.09. The highest BCUT2D eigenvalue weighted by molar-refractivity contribution is 5.97. The van der Waals surface area contributed by atoms with E-state index >= 15 is 0 Å². The summed E-state index contributed by atoms with van der Waals surface area (Å²) in [5, 5.41) is 2.94. The van der Waals surface area contributed by atoms with Crippen LogP contribution in [0.3, 0.4) is 0 Å². The van der Waals surface area contributed by atoms with Gasteiger partial charge in [0.15, 0.2) is 0 Å². The van der Waals surface area contributed by atoms with Crippen molar-refractivity contribution >= 4 is 29.9 Å². The Balaban J connectivity index is 0.00000338. The molecule has 0 aliphatic carbocycles. The number of rotatable bonds is 8. The number of carbonyl (C=O) groups excluding carboxylic acids is 2. The molecule has 0 radical (unpaired) electrons. The number of nitrogens with zero attached hydrogens (tertiary/aromatic N) is 1. The number of unbranched alkanes of at least 4 members (excludes halogenated alkanes) is 3. The van der Waals surface area contributed by atoms with Gasteiger partial charge in [-0.3, -0.25) is 9.59 Å². The molecule has 7 heteroatoms. The number of ether oxygens (including phenoxy) is 1. The fourth-order valence-corrected chi connectivity index (χ4v) is 2.83. The maximum Gasteiger partial charge on any atom is 0.254 e. The summed E-state index contributed by atoms with van der Waals surface area (Å²) >= 11 is 0. The molecule has 0 aromatic heterocycles. The Kier molecular flexibility index (Phi) is 10.2. The molecule has 1 aliphatic heterocycles. The lowest BCUT2D eigenvalue weighted by molar-refractivity contribution is -0.116. The van der Waals surface area contributed by atoms with E-state index in [0.29, 0.717) is 50.5 Å². The van der Waals surface area contributed by atoms with Crippen LogP contribution < -0.4 is 11.1 Å². The molecule has 0 unspecified atom stereocenters. The highest BCUT2D eigenvalue weighted by Gasteiger charge is 2.19. The Morgan fingerprint density at radius 1 is 1.15 bits per heavy atom. The second kappa shape index (κ2) is 11.9. The first kappa shape index (κ1) is 22.4. The van der Waals surface area contributed by atoms with Crippen molar-refractivity contribution in [2.45, 2.75) is 39.0 Å². The predicted octanol–water partition coefficient (Wildman–Crippen LogP) is 2.74. The highest BCUT2D eigenvalue weighted by Crippen LogP contribution is 2.19. The maximum absolute atomic E-state index is 12.6. The number of anilines is 1. The van der Waals surface area contributed by atoms with E-state index in [2.05, 4.69) is 5.32 Å². The molecule has 1 saturated heterocycles. The average Bonchev–Trinajstić information content (AvgIpc) is 2.63.